The third-order valence-electron chi connectivity index (χ3n) is 4.45. The monoisotopic (exact) mass is 608 g/mol. The number of nitrogens with zero attached hydrogens (tertiary/aromatic N) is 1. The molecule has 3 aromatic carbocycles. The van der Waals surface area contributed by atoms with Gasteiger partial charge in [-0.05, 0) is 60.2 Å². The number of halogens is 4. The molecular formula is C24H16Br2Cl2N2O3. The smallest absolute Gasteiger partial charge is 0.266 e. The first kappa shape index (κ1) is 25.1. The predicted molar refractivity (Wildman–Crippen MR) is 138 cm³/mol. The first-order valence-corrected chi connectivity index (χ1v) is 11.8. The SMILES string of the molecule is COc1cc(/C=C(/C#N)C(=O)Nc2ccc(Br)cc2)c(Br)cc1OCc1ccc(Cl)cc1Cl. The molecule has 1 N–H and O–H groups in total. The average Bonchev–Trinajstić information content (AvgIpc) is 2.79. The summed E-state index contributed by atoms with van der Waals surface area (Å²) < 4.78 is 12.8. The first-order valence-electron chi connectivity index (χ1n) is 9.43. The third kappa shape index (κ3) is 6.75. The lowest BCUT2D eigenvalue weighted by molar-refractivity contribution is -0.112. The van der Waals surface area contributed by atoms with E-state index in [2.05, 4.69) is 37.2 Å². The van der Waals surface area contributed by atoms with Crippen molar-refractivity contribution in [3.8, 4) is 17.6 Å². The molecule has 33 heavy (non-hydrogen) atoms. The zero-order valence-electron chi connectivity index (χ0n) is 17.2. The largest absolute Gasteiger partial charge is 0.493 e. The Hall–Kier alpha value is -2.50. The number of rotatable bonds is 7. The number of ether oxygens (including phenoxy) is 2. The van der Waals surface area contributed by atoms with Crippen LogP contribution in [0.2, 0.25) is 10.0 Å². The lowest BCUT2D eigenvalue weighted by atomic mass is 10.1. The van der Waals surface area contributed by atoms with Gasteiger partial charge in [-0.1, -0.05) is 61.1 Å². The highest BCUT2D eigenvalue weighted by Gasteiger charge is 2.14. The van der Waals surface area contributed by atoms with Crippen LogP contribution < -0.4 is 14.8 Å². The van der Waals surface area contributed by atoms with Crippen molar-refractivity contribution in [2.45, 2.75) is 6.61 Å². The Bertz CT molecular complexity index is 1260. The number of nitriles is 1. The normalized spacial score (nSPS) is 11.0. The Morgan fingerprint density at radius 2 is 1.82 bits per heavy atom. The number of carbonyl (C=O) groups is 1. The number of benzene rings is 3. The predicted octanol–water partition coefficient (Wildman–Crippen LogP) is 7.65. The average molecular weight is 611 g/mol. The van der Waals surface area contributed by atoms with E-state index in [1.54, 1.807) is 54.6 Å². The van der Waals surface area contributed by atoms with Gasteiger partial charge in [-0.2, -0.15) is 5.26 Å². The summed E-state index contributed by atoms with van der Waals surface area (Å²) in [6.07, 6.45) is 1.47. The molecule has 3 rings (SSSR count). The highest BCUT2D eigenvalue weighted by molar-refractivity contribution is 9.10. The van der Waals surface area contributed by atoms with E-state index in [9.17, 15) is 10.1 Å². The summed E-state index contributed by atoms with van der Waals surface area (Å²) in [7, 11) is 1.50. The van der Waals surface area contributed by atoms with Crippen LogP contribution >= 0.6 is 55.1 Å². The van der Waals surface area contributed by atoms with E-state index in [-0.39, 0.29) is 12.2 Å². The minimum atomic E-state index is -0.525. The maximum atomic E-state index is 12.6. The summed E-state index contributed by atoms with van der Waals surface area (Å²) >= 11 is 19.0. The second kappa shape index (κ2) is 11.6. The number of hydrogen-bond acceptors (Lipinski definition) is 4. The Kier molecular flexibility index (Phi) is 8.81. The number of anilines is 1. The highest BCUT2D eigenvalue weighted by atomic mass is 79.9. The van der Waals surface area contributed by atoms with E-state index in [1.807, 2.05) is 6.07 Å². The van der Waals surface area contributed by atoms with Crippen molar-refractivity contribution in [3.63, 3.8) is 0 Å². The standard InChI is InChI=1S/C24H16Br2Cl2N2O3/c1-32-22-9-15(8-16(12-29)24(31)30-19-6-3-17(25)4-7-19)20(26)11-23(22)33-13-14-2-5-18(27)10-21(14)28/h2-11H,13H2,1H3,(H,30,31)/b16-8-. The summed E-state index contributed by atoms with van der Waals surface area (Å²) in [5, 5.41) is 13.3. The molecule has 0 saturated heterocycles. The fourth-order valence-corrected chi connectivity index (χ4v) is 3.93. The van der Waals surface area contributed by atoms with Crippen molar-refractivity contribution in [3.05, 3.63) is 90.3 Å². The Morgan fingerprint density at radius 3 is 2.45 bits per heavy atom. The zero-order valence-corrected chi connectivity index (χ0v) is 21.8. The second-order valence-corrected chi connectivity index (χ2v) is 9.29. The summed E-state index contributed by atoms with van der Waals surface area (Å²) in [6, 6.07) is 17.5. The molecule has 5 nitrogen and oxygen atoms in total. The van der Waals surface area contributed by atoms with Gasteiger partial charge in [0.2, 0.25) is 0 Å². The molecule has 0 bridgehead atoms. The molecule has 3 aromatic rings. The van der Waals surface area contributed by atoms with Crippen LogP contribution in [0.15, 0.2) is 69.1 Å². The molecule has 168 valence electrons. The van der Waals surface area contributed by atoms with Crippen molar-refractivity contribution < 1.29 is 14.3 Å². The van der Waals surface area contributed by atoms with Gasteiger partial charge in [-0.3, -0.25) is 4.79 Å². The van der Waals surface area contributed by atoms with Gasteiger partial charge in [0.15, 0.2) is 11.5 Å². The molecule has 0 fully saturated rings. The van der Waals surface area contributed by atoms with Crippen molar-refractivity contribution in [1.29, 1.82) is 5.26 Å². The number of methoxy groups -OCH3 is 1. The molecule has 0 spiro atoms. The van der Waals surface area contributed by atoms with Crippen LogP contribution in [0.25, 0.3) is 6.08 Å². The minimum absolute atomic E-state index is 0.0673. The molecule has 0 heterocycles. The van der Waals surface area contributed by atoms with Gasteiger partial charge in [0.05, 0.1) is 7.11 Å². The molecule has 0 atom stereocenters. The lowest BCUT2D eigenvalue weighted by Crippen LogP contribution is -2.13. The molecular weight excluding hydrogens is 595 g/mol. The van der Waals surface area contributed by atoms with Crippen molar-refractivity contribution in [1.82, 2.24) is 0 Å². The van der Waals surface area contributed by atoms with Crippen LogP contribution in [-0.4, -0.2) is 13.0 Å². The van der Waals surface area contributed by atoms with Gasteiger partial charge in [0, 0.05) is 30.2 Å². The van der Waals surface area contributed by atoms with Crippen LogP contribution in [0.5, 0.6) is 11.5 Å². The quantitative estimate of drug-likeness (QED) is 0.220. The van der Waals surface area contributed by atoms with Gasteiger partial charge >= 0.3 is 0 Å². The van der Waals surface area contributed by atoms with Crippen molar-refractivity contribution in [2.75, 3.05) is 12.4 Å². The van der Waals surface area contributed by atoms with Gasteiger partial charge in [-0.25, -0.2) is 0 Å². The van der Waals surface area contributed by atoms with E-state index in [1.165, 1.54) is 13.2 Å². The molecule has 0 aromatic heterocycles. The Labute approximate surface area is 218 Å². The van der Waals surface area contributed by atoms with Crippen LogP contribution in [0.3, 0.4) is 0 Å². The summed E-state index contributed by atoms with van der Waals surface area (Å²) in [5.41, 5.74) is 1.85. The summed E-state index contributed by atoms with van der Waals surface area (Å²) in [6.45, 7) is 0.201. The molecule has 0 saturated carbocycles. The lowest BCUT2D eigenvalue weighted by Gasteiger charge is -2.14. The van der Waals surface area contributed by atoms with Crippen LogP contribution in [0.1, 0.15) is 11.1 Å². The molecule has 0 aliphatic heterocycles. The number of hydrogen-bond donors (Lipinski definition) is 1. The molecule has 0 aliphatic rings. The maximum absolute atomic E-state index is 12.6. The fraction of sp³-hybridized carbons (Fsp3) is 0.0833. The van der Waals surface area contributed by atoms with Crippen molar-refractivity contribution >= 4 is 72.7 Å². The van der Waals surface area contributed by atoms with Gasteiger partial charge in [0.1, 0.15) is 18.2 Å². The summed E-state index contributed by atoms with van der Waals surface area (Å²) in [4.78, 5) is 12.6. The van der Waals surface area contributed by atoms with Gasteiger partial charge in [-0.15, -0.1) is 0 Å². The van der Waals surface area contributed by atoms with E-state index in [4.69, 9.17) is 32.7 Å². The third-order valence-corrected chi connectivity index (χ3v) is 6.25. The topological polar surface area (TPSA) is 71.3 Å². The number of nitrogens with one attached hydrogen (secondary N) is 1. The molecule has 9 heteroatoms. The molecule has 0 unspecified atom stereocenters. The van der Waals surface area contributed by atoms with E-state index in [0.717, 1.165) is 10.0 Å². The van der Waals surface area contributed by atoms with E-state index < -0.39 is 5.91 Å². The summed E-state index contributed by atoms with van der Waals surface area (Å²) in [5.74, 6) is 0.369. The fourth-order valence-electron chi connectivity index (χ4n) is 2.76. The van der Waals surface area contributed by atoms with Gasteiger partial charge in [0.25, 0.3) is 5.91 Å². The first-order chi connectivity index (χ1) is 15.8. The Balaban J connectivity index is 1.82. The number of amides is 1. The molecule has 0 aliphatic carbocycles. The van der Waals surface area contributed by atoms with Gasteiger partial charge < -0.3 is 14.8 Å². The van der Waals surface area contributed by atoms with E-state index >= 15 is 0 Å². The van der Waals surface area contributed by atoms with E-state index in [0.29, 0.717) is 37.3 Å². The Morgan fingerprint density at radius 1 is 1.09 bits per heavy atom. The second-order valence-electron chi connectivity index (χ2n) is 6.68. The zero-order chi connectivity index (χ0) is 24.0. The van der Waals surface area contributed by atoms with Crippen LogP contribution in [0.4, 0.5) is 5.69 Å². The minimum Gasteiger partial charge on any atom is -0.493 e. The molecule has 0 radical (unpaired) electrons. The number of carbonyl (C=O) groups excluding carboxylic acids is 1. The van der Waals surface area contributed by atoms with Crippen LogP contribution in [0, 0.1) is 11.3 Å². The van der Waals surface area contributed by atoms with Crippen molar-refractivity contribution in [2.24, 2.45) is 0 Å². The highest BCUT2D eigenvalue weighted by Crippen LogP contribution is 2.35. The maximum Gasteiger partial charge on any atom is 0.266 e. The van der Waals surface area contributed by atoms with Crippen LogP contribution in [-0.2, 0) is 11.4 Å². The molecule has 1 amide bonds.